The largest absolute Gasteiger partial charge is 0.486 e. The van der Waals surface area contributed by atoms with Crippen LogP contribution in [-0.4, -0.2) is 11.8 Å². The number of para-hydroxylation sites is 1. The molecule has 2 aromatic carbocycles. The summed E-state index contributed by atoms with van der Waals surface area (Å²) in [5.41, 5.74) is 1.29. The van der Waals surface area contributed by atoms with Crippen molar-refractivity contribution in [1.82, 2.24) is 0 Å². The van der Waals surface area contributed by atoms with E-state index in [-0.39, 0.29) is 24.2 Å². The molecule has 2 N–H and O–H groups in total. The average molecular weight is 392 g/mol. The molecule has 29 heavy (non-hydrogen) atoms. The van der Waals surface area contributed by atoms with Crippen LogP contribution in [0.2, 0.25) is 0 Å². The molecule has 3 aromatic rings. The third-order valence-corrected chi connectivity index (χ3v) is 4.03. The summed E-state index contributed by atoms with van der Waals surface area (Å²) in [4.78, 5) is 24.2. The third-order valence-electron chi connectivity index (χ3n) is 4.03. The topological polar surface area (TPSA) is 80.6 Å². The monoisotopic (exact) mass is 392 g/mol. The van der Waals surface area contributed by atoms with E-state index < -0.39 is 0 Å². The molecule has 1 heterocycles. The van der Waals surface area contributed by atoms with Gasteiger partial charge in [-0.25, -0.2) is 0 Å². The summed E-state index contributed by atoms with van der Waals surface area (Å²) < 4.78 is 11.2. The minimum absolute atomic E-state index is 0.0300. The average Bonchev–Trinajstić information content (AvgIpc) is 3.17. The van der Waals surface area contributed by atoms with E-state index in [1.165, 1.54) is 0 Å². The van der Waals surface area contributed by atoms with Gasteiger partial charge in [0.15, 0.2) is 5.76 Å². The number of carbonyl (C=O) groups excluding carboxylic acids is 2. The highest BCUT2D eigenvalue weighted by atomic mass is 16.5. The Balaban J connectivity index is 1.52. The van der Waals surface area contributed by atoms with Crippen LogP contribution in [0.15, 0.2) is 71.1 Å². The maximum atomic E-state index is 12.4. The fourth-order valence-electron chi connectivity index (χ4n) is 2.66. The van der Waals surface area contributed by atoms with Gasteiger partial charge in [-0.2, -0.15) is 0 Å². The van der Waals surface area contributed by atoms with Crippen LogP contribution in [0.1, 0.15) is 36.6 Å². The molecule has 3 rings (SSSR count). The molecular weight excluding hydrogens is 368 g/mol. The number of furan rings is 1. The lowest BCUT2D eigenvalue weighted by Gasteiger charge is -2.08. The van der Waals surface area contributed by atoms with Gasteiger partial charge < -0.3 is 19.8 Å². The summed E-state index contributed by atoms with van der Waals surface area (Å²) in [5, 5.41) is 5.60. The molecule has 0 bridgehead atoms. The Morgan fingerprint density at radius 2 is 1.55 bits per heavy atom. The minimum Gasteiger partial charge on any atom is -0.486 e. The minimum atomic E-state index is -0.354. The van der Waals surface area contributed by atoms with E-state index in [1.54, 1.807) is 36.4 Å². The van der Waals surface area contributed by atoms with Crippen LogP contribution >= 0.6 is 0 Å². The maximum absolute atomic E-state index is 12.4. The van der Waals surface area contributed by atoms with E-state index in [0.29, 0.717) is 29.5 Å². The zero-order valence-electron chi connectivity index (χ0n) is 16.5. The Morgan fingerprint density at radius 3 is 2.21 bits per heavy atom. The molecule has 0 aliphatic heterocycles. The molecule has 6 nitrogen and oxygen atoms in total. The molecule has 0 atom stereocenters. The molecule has 0 aliphatic rings. The van der Waals surface area contributed by atoms with Crippen molar-refractivity contribution in [1.29, 1.82) is 0 Å². The van der Waals surface area contributed by atoms with Crippen LogP contribution in [0.3, 0.4) is 0 Å². The Hall–Kier alpha value is -3.54. The Morgan fingerprint density at radius 1 is 0.897 bits per heavy atom. The number of amides is 2. The first-order valence-corrected chi connectivity index (χ1v) is 9.47. The van der Waals surface area contributed by atoms with Gasteiger partial charge in [-0.05, 0) is 54.4 Å². The second-order valence-corrected chi connectivity index (χ2v) is 7.05. The van der Waals surface area contributed by atoms with Gasteiger partial charge in [0.25, 0.3) is 5.91 Å². The molecule has 0 saturated heterocycles. The molecule has 150 valence electrons. The molecule has 0 radical (unpaired) electrons. The first-order valence-electron chi connectivity index (χ1n) is 9.47. The number of rotatable bonds is 8. The summed E-state index contributed by atoms with van der Waals surface area (Å²) in [6.07, 6.45) is 0.466. The highest BCUT2D eigenvalue weighted by Gasteiger charge is 2.12. The van der Waals surface area contributed by atoms with E-state index in [2.05, 4.69) is 10.6 Å². The van der Waals surface area contributed by atoms with Gasteiger partial charge in [-0.15, -0.1) is 0 Å². The maximum Gasteiger partial charge on any atom is 0.291 e. The Bertz CT molecular complexity index is 947. The summed E-state index contributed by atoms with van der Waals surface area (Å²) >= 11 is 0. The van der Waals surface area contributed by atoms with Gasteiger partial charge in [-0.1, -0.05) is 32.0 Å². The summed E-state index contributed by atoms with van der Waals surface area (Å²) in [7, 11) is 0. The van der Waals surface area contributed by atoms with Gasteiger partial charge in [0, 0.05) is 17.8 Å². The highest BCUT2D eigenvalue weighted by molar-refractivity contribution is 6.02. The van der Waals surface area contributed by atoms with Crippen LogP contribution in [0.5, 0.6) is 5.75 Å². The number of ether oxygens (including phenoxy) is 1. The number of hydrogen-bond acceptors (Lipinski definition) is 4. The van der Waals surface area contributed by atoms with Crippen LogP contribution in [0.25, 0.3) is 0 Å². The molecule has 6 heteroatoms. The highest BCUT2D eigenvalue weighted by Crippen LogP contribution is 2.17. The van der Waals surface area contributed by atoms with Crippen LogP contribution in [0.4, 0.5) is 11.4 Å². The molecule has 1 aromatic heterocycles. The van der Waals surface area contributed by atoms with Crippen molar-refractivity contribution in [2.24, 2.45) is 5.92 Å². The Labute approximate surface area is 169 Å². The lowest BCUT2D eigenvalue weighted by molar-refractivity contribution is -0.116. The van der Waals surface area contributed by atoms with Crippen molar-refractivity contribution in [2.75, 3.05) is 10.6 Å². The predicted molar refractivity (Wildman–Crippen MR) is 112 cm³/mol. The predicted octanol–water partition coefficient (Wildman–Crippen LogP) is 5.10. The molecule has 0 unspecified atom stereocenters. The first-order chi connectivity index (χ1) is 14.0. The second-order valence-electron chi connectivity index (χ2n) is 7.05. The molecule has 2 amide bonds. The van der Waals surface area contributed by atoms with E-state index >= 15 is 0 Å². The summed E-state index contributed by atoms with van der Waals surface area (Å²) in [6.45, 7) is 4.22. The molecular formula is C23H24N2O4. The van der Waals surface area contributed by atoms with E-state index in [0.717, 1.165) is 5.75 Å². The van der Waals surface area contributed by atoms with Crippen molar-refractivity contribution in [3.05, 3.63) is 78.3 Å². The second kappa shape index (κ2) is 9.59. The van der Waals surface area contributed by atoms with Gasteiger partial charge in [-0.3, -0.25) is 9.59 Å². The third kappa shape index (κ3) is 6.24. The SMILES string of the molecule is CC(C)CC(=O)Nc1ccc(NC(=O)c2ccc(COc3ccccc3)o2)cc1. The van der Waals surface area contributed by atoms with Crippen molar-refractivity contribution in [3.63, 3.8) is 0 Å². The first kappa shape index (κ1) is 20.2. The smallest absolute Gasteiger partial charge is 0.291 e. The number of carbonyl (C=O) groups is 2. The quantitative estimate of drug-likeness (QED) is 0.559. The van der Waals surface area contributed by atoms with Gasteiger partial charge in [0.1, 0.15) is 18.1 Å². The number of benzene rings is 2. The van der Waals surface area contributed by atoms with E-state index in [1.807, 2.05) is 44.2 Å². The normalized spacial score (nSPS) is 10.6. The molecule has 0 saturated carbocycles. The van der Waals surface area contributed by atoms with Crippen molar-refractivity contribution in [3.8, 4) is 5.75 Å². The van der Waals surface area contributed by atoms with E-state index in [4.69, 9.17) is 9.15 Å². The standard InChI is InChI=1S/C23H24N2O4/c1-16(2)14-22(26)24-17-8-10-18(11-9-17)25-23(27)21-13-12-20(29-21)15-28-19-6-4-3-5-7-19/h3-13,16H,14-15H2,1-2H3,(H,24,26)(H,25,27). The summed E-state index contributed by atoms with van der Waals surface area (Å²) in [5.74, 6) is 1.40. The summed E-state index contributed by atoms with van der Waals surface area (Å²) in [6, 6.07) is 19.7. The molecule has 0 spiro atoms. The van der Waals surface area contributed by atoms with Crippen LogP contribution in [-0.2, 0) is 11.4 Å². The fraction of sp³-hybridized carbons (Fsp3) is 0.217. The zero-order valence-corrected chi connectivity index (χ0v) is 16.5. The number of nitrogens with one attached hydrogen (secondary N) is 2. The van der Waals surface area contributed by atoms with Crippen molar-refractivity contribution in [2.45, 2.75) is 26.9 Å². The molecule has 0 fully saturated rings. The van der Waals surface area contributed by atoms with Crippen LogP contribution < -0.4 is 15.4 Å². The molecule has 0 aliphatic carbocycles. The van der Waals surface area contributed by atoms with Gasteiger partial charge >= 0.3 is 0 Å². The lowest BCUT2D eigenvalue weighted by atomic mass is 10.1. The van der Waals surface area contributed by atoms with Gasteiger partial charge in [0.05, 0.1) is 0 Å². The zero-order chi connectivity index (χ0) is 20.6. The van der Waals surface area contributed by atoms with Gasteiger partial charge in [0.2, 0.25) is 5.91 Å². The van der Waals surface area contributed by atoms with Crippen molar-refractivity contribution >= 4 is 23.2 Å². The van der Waals surface area contributed by atoms with E-state index in [9.17, 15) is 9.59 Å². The fourth-order valence-corrected chi connectivity index (χ4v) is 2.66. The lowest BCUT2D eigenvalue weighted by Crippen LogP contribution is -2.14. The number of hydrogen-bond donors (Lipinski definition) is 2. The van der Waals surface area contributed by atoms with Crippen LogP contribution in [0, 0.1) is 5.92 Å². The Kier molecular flexibility index (Phi) is 6.68. The van der Waals surface area contributed by atoms with Crippen molar-refractivity contribution < 1.29 is 18.7 Å². The number of anilines is 2.